The van der Waals surface area contributed by atoms with E-state index in [2.05, 4.69) is 15.9 Å². The zero-order valence-electron chi connectivity index (χ0n) is 22.2. The monoisotopic (exact) mass is 591 g/mol. The van der Waals surface area contributed by atoms with Crippen LogP contribution in [0.15, 0.2) is 45.3 Å². The first-order valence-corrected chi connectivity index (χ1v) is 14.2. The molecule has 1 saturated heterocycles. The lowest BCUT2D eigenvalue weighted by atomic mass is 9.98. The number of hydrogen-bond acceptors (Lipinski definition) is 7. The van der Waals surface area contributed by atoms with E-state index < -0.39 is 36.0 Å². The lowest BCUT2D eigenvalue weighted by molar-refractivity contribution is -0.154. The highest BCUT2D eigenvalue weighted by Gasteiger charge is 2.44. The van der Waals surface area contributed by atoms with E-state index in [1.807, 2.05) is 30.3 Å². The molecule has 1 N–H and O–H groups in total. The summed E-state index contributed by atoms with van der Waals surface area (Å²) in [6, 6.07) is 10.4. The van der Waals surface area contributed by atoms with Gasteiger partial charge in [-0.3, -0.25) is 9.59 Å². The number of unbranched alkanes of at least 4 members (excludes halogenated alkanes) is 7. The molecule has 1 aliphatic rings. The molecule has 0 aliphatic carbocycles. The second-order valence-corrected chi connectivity index (χ2v) is 10.6. The van der Waals surface area contributed by atoms with Crippen molar-refractivity contribution in [1.29, 1.82) is 0 Å². The smallest absolute Gasteiger partial charge is 0.417 e. The zero-order valence-corrected chi connectivity index (χ0v) is 23.8. The van der Waals surface area contributed by atoms with Crippen LogP contribution in [-0.2, 0) is 25.5 Å². The molecule has 2 amide bonds. The van der Waals surface area contributed by atoms with Gasteiger partial charge in [0.2, 0.25) is 5.91 Å². The topological polar surface area (TPSA) is 106 Å². The van der Waals surface area contributed by atoms with Gasteiger partial charge in [0.05, 0.1) is 10.4 Å². The highest BCUT2D eigenvalue weighted by Crippen LogP contribution is 2.37. The largest absolute Gasteiger partial charge is 0.461 e. The van der Waals surface area contributed by atoms with E-state index >= 15 is 0 Å². The maximum absolute atomic E-state index is 13.6. The van der Waals surface area contributed by atoms with Crippen molar-refractivity contribution < 1.29 is 33.4 Å². The van der Waals surface area contributed by atoms with Crippen molar-refractivity contribution in [3.8, 4) is 0 Å². The number of furan rings is 1. The van der Waals surface area contributed by atoms with Gasteiger partial charge in [0, 0.05) is 20.0 Å². The van der Waals surface area contributed by atoms with E-state index in [0.29, 0.717) is 5.76 Å². The standard InChI is InChI=1S/C29H38BrNO7/c1-20(28(34)31-24(19-36-29(31)35)22-14-10-9-11-15-22)27(37-21(2)33)26-18-23(30)25(38-26)16-12-7-5-3-4-6-8-13-17-32/h9-11,14-15,18,20,24,27,32H,3-8,12-13,16-17,19H2,1-2H3. The fraction of sp³-hybridized carbons (Fsp3) is 0.552. The molecule has 1 aromatic heterocycles. The Labute approximate surface area is 232 Å². The minimum atomic E-state index is -0.992. The van der Waals surface area contributed by atoms with Crippen molar-refractivity contribution in [2.24, 2.45) is 5.92 Å². The molecule has 1 fully saturated rings. The first-order chi connectivity index (χ1) is 18.3. The summed E-state index contributed by atoms with van der Waals surface area (Å²) in [6.45, 7) is 3.24. The van der Waals surface area contributed by atoms with Crippen molar-refractivity contribution >= 4 is 33.9 Å². The first-order valence-electron chi connectivity index (χ1n) is 13.4. The number of carbonyl (C=O) groups is 3. The Morgan fingerprint density at radius 2 is 1.71 bits per heavy atom. The second-order valence-electron chi connectivity index (χ2n) is 9.75. The zero-order chi connectivity index (χ0) is 27.5. The lowest BCUT2D eigenvalue weighted by Gasteiger charge is -2.27. The molecule has 1 aromatic carbocycles. The number of nitrogens with zero attached hydrogens (tertiary/aromatic N) is 1. The quantitative estimate of drug-likeness (QED) is 0.182. The fourth-order valence-electron chi connectivity index (χ4n) is 4.71. The van der Waals surface area contributed by atoms with Gasteiger partial charge in [-0.15, -0.1) is 0 Å². The number of cyclic esters (lactones) is 1. The molecule has 2 heterocycles. The van der Waals surface area contributed by atoms with Crippen LogP contribution in [0.5, 0.6) is 0 Å². The number of esters is 1. The number of aliphatic hydroxyl groups excluding tert-OH is 1. The molecule has 0 spiro atoms. The number of benzene rings is 1. The first kappa shape index (κ1) is 29.9. The number of carbonyl (C=O) groups excluding carboxylic acids is 3. The molecule has 38 heavy (non-hydrogen) atoms. The summed E-state index contributed by atoms with van der Waals surface area (Å²) >= 11 is 3.55. The molecule has 0 bridgehead atoms. The van der Waals surface area contributed by atoms with Crippen LogP contribution in [0.4, 0.5) is 4.79 Å². The average Bonchev–Trinajstić information content (AvgIpc) is 3.47. The molecule has 0 saturated carbocycles. The minimum absolute atomic E-state index is 0.0681. The number of hydrogen-bond donors (Lipinski definition) is 1. The number of halogens is 1. The van der Waals surface area contributed by atoms with Crippen molar-refractivity contribution in [3.05, 3.63) is 58.0 Å². The second kappa shape index (κ2) is 15.1. The highest BCUT2D eigenvalue weighted by molar-refractivity contribution is 9.10. The van der Waals surface area contributed by atoms with Gasteiger partial charge in [-0.2, -0.15) is 0 Å². The molecule has 9 heteroatoms. The Morgan fingerprint density at radius 1 is 1.08 bits per heavy atom. The fourth-order valence-corrected chi connectivity index (χ4v) is 5.22. The van der Waals surface area contributed by atoms with E-state index in [1.54, 1.807) is 13.0 Å². The van der Waals surface area contributed by atoms with E-state index in [0.717, 1.165) is 65.6 Å². The third-order valence-corrected chi connectivity index (χ3v) is 7.47. The maximum atomic E-state index is 13.6. The molecule has 8 nitrogen and oxygen atoms in total. The Morgan fingerprint density at radius 3 is 2.34 bits per heavy atom. The molecule has 2 aromatic rings. The molecule has 3 atom stereocenters. The molecule has 3 unspecified atom stereocenters. The molecule has 0 radical (unpaired) electrons. The Bertz CT molecular complexity index is 1050. The molecule has 3 rings (SSSR count). The van der Waals surface area contributed by atoms with Crippen molar-refractivity contribution in [3.63, 3.8) is 0 Å². The number of aliphatic hydroxyl groups is 1. The van der Waals surface area contributed by atoms with Gasteiger partial charge in [-0.1, -0.05) is 68.9 Å². The van der Waals surface area contributed by atoms with Gasteiger partial charge in [-0.05, 0) is 47.3 Å². The normalized spacial score (nSPS) is 16.8. The minimum Gasteiger partial charge on any atom is -0.461 e. The SMILES string of the molecule is CC(=O)OC(c1cc(Br)c(CCCCCCCCCCO)o1)C(C)C(=O)N1C(=O)OCC1c1ccccc1. The van der Waals surface area contributed by atoms with Crippen molar-refractivity contribution in [2.75, 3.05) is 13.2 Å². The van der Waals surface area contributed by atoms with Gasteiger partial charge in [-0.25, -0.2) is 9.69 Å². The summed E-state index contributed by atoms with van der Waals surface area (Å²) in [6.07, 6.45) is 7.64. The number of imide groups is 1. The van der Waals surface area contributed by atoms with Crippen molar-refractivity contribution in [2.45, 2.75) is 83.8 Å². The van der Waals surface area contributed by atoms with Gasteiger partial charge in [0.15, 0.2) is 6.10 Å². The van der Waals surface area contributed by atoms with Gasteiger partial charge < -0.3 is 19.0 Å². The summed E-state index contributed by atoms with van der Waals surface area (Å²) in [5.74, 6) is -0.836. The van der Waals surface area contributed by atoms with E-state index in [4.69, 9.17) is 19.0 Å². The summed E-state index contributed by atoms with van der Waals surface area (Å²) < 4.78 is 17.6. The van der Waals surface area contributed by atoms with Crippen LogP contribution in [0, 0.1) is 5.92 Å². The Kier molecular flexibility index (Phi) is 11.9. The van der Waals surface area contributed by atoms with E-state index in [-0.39, 0.29) is 13.2 Å². The van der Waals surface area contributed by atoms with E-state index in [9.17, 15) is 14.4 Å². The van der Waals surface area contributed by atoms with Crippen LogP contribution in [0.3, 0.4) is 0 Å². The van der Waals surface area contributed by atoms with Gasteiger partial charge >= 0.3 is 12.1 Å². The summed E-state index contributed by atoms with van der Waals surface area (Å²) in [5.41, 5.74) is 0.788. The van der Waals surface area contributed by atoms with Crippen LogP contribution in [-0.4, -0.2) is 41.2 Å². The summed E-state index contributed by atoms with van der Waals surface area (Å²) in [4.78, 5) is 39.2. The maximum Gasteiger partial charge on any atom is 0.417 e. The Hall–Kier alpha value is -2.65. The van der Waals surface area contributed by atoms with E-state index in [1.165, 1.54) is 19.8 Å². The van der Waals surface area contributed by atoms with Crippen LogP contribution >= 0.6 is 15.9 Å². The Balaban J connectivity index is 1.64. The van der Waals surface area contributed by atoms with Crippen molar-refractivity contribution in [1.82, 2.24) is 4.90 Å². The summed E-state index contributed by atoms with van der Waals surface area (Å²) in [7, 11) is 0. The number of amides is 2. The van der Waals surface area contributed by atoms with Crippen LogP contribution in [0.1, 0.15) is 94.4 Å². The third-order valence-electron chi connectivity index (χ3n) is 6.80. The van der Waals surface area contributed by atoms with Gasteiger partial charge in [0.1, 0.15) is 24.2 Å². The third kappa shape index (κ3) is 8.17. The van der Waals surface area contributed by atoms with Crippen LogP contribution < -0.4 is 0 Å². The number of ether oxygens (including phenoxy) is 2. The molecular weight excluding hydrogens is 554 g/mol. The number of aryl methyl sites for hydroxylation is 1. The molecule has 208 valence electrons. The highest BCUT2D eigenvalue weighted by atomic mass is 79.9. The molecule has 1 aliphatic heterocycles. The van der Waals surface area contributed by atoms with Gasteiger partial charge in [0.25, 0.3) is 0 Å². The lowest BCUT2D eigenvalue weighted by Crippen LogP contribution is -2.40. The average molecular weight is 593 g/mol. The number of rotatable bonds is 15. The predicted octanol–water partition coefficient (Wildman–Crippen LogP) is 6.66. The van der Waals surface area contributed by atoms with Crippen LogP contribution in [0.25, 0.3) is 0 Å². The predicted molar refractivity (Wildman–Crippen MR) is 145 cm³/mol. The molecular formula is C29H38BrNO7. The summed E-state index contributed by atoms with van der Waals surface area (Å²) in [5, 5.41) is 8.84. The van der Waals surface area contributed by atoms with Crippen LogP contribution in [0.2, 0.25) is 0 Å².